The number of hydrogen-bond acceptors (Lipinski definition) is 2. The van der Waals surface area contributed by atoms with Gasteiger partial charge < -0.3 is 9.88 Å². The van der Waals surface area contributed by atoms with Crippen molar-refractivity contribution in [3.63, 3.8) is 0 Å². The molecule has 1 saturated carbocycles. The summed E-state index contributed by atoms with van der Waals surface area (Å²) in [4.78, 5) is 4.37. The molecule has 4 heteroatoms. The predicted octanol–water partition coefficient (Wildman–Crippen LogP) is 3.51. The van der Waals surface area contributed by atoms with E-state index in [-0.39, 0.29) is 0 Å². The van der Waals surface area contributed by atoms with Crippen LogP contribution in [0.15, 0.2) is 35.1 Å². The van der Waals surface area contributed by atoms with E-state index in [1.54, 1.807) is 0 Å². The maximum absolute atomic E-state index is 4.37. The van der Waals surface area contributed by atoms with Gasteiger partial charge in [0, 0.05) is 42.4 Å². The average Bonchev–Trinajstić information content (AvgIpc) is 3.17. The lowest BCUT2D eigenvalue weighted by atomic mass is 10.1. The minimum Gasteiger partial charge on any atom is -0.330 e. The molecule has 0 spiro atoms. The summed E-state index contributed by atoms with van der Waals surface area (Å²) in [5.41, 5.74) is 2.64. The Kier molecular flexibility index (Phi) is 4.22. The summed E-state index contributed by atoms with van der Waals surface area (Å²) in [7, 11) is 0. The van der Waals surface area contributed by atoms with Crippen molar-refractivity contribution in [3.8, 4) is 0 Å². The molecule has 1 aromatic heterocycles. The number of aromatic nitrogens is 2. The van der Waals surface area contributed by atoms with Gasteiger partial charge in [-0.25, -0.2) is 4.98 Å². The fraction of sp³-hybridized carbons (Fsp3) is 0.438. The lowest BCUT2D eigenvalue weighted by molar-refractivity contribution is 0.686. The predicted molar refractivity (Wildman–Crippen MR) is 84.7 cm³/mol. The molecule has 106 valence electrons. The topological polar surface area (TPSA) is 29.9 Å². The minimum absolute atomic E-state index is 0.756. The van der Waals surface area contributed by atoms with E-state index in [1.807, 2.05) is 12.4 Å². The van der Waals surface area contributed by atoms with Crippen LogP contribution in [0.5, 0.6) is 0 Å². The van der Waals surface area contributed by atoms with E-state index < -0.39 is 0 Å². The van der Waals surface area contributed by atoms with Gasteiger partial charge in [-0.3, -0.25) is 0 Å². The second kappa shape index (κ2) is 6.10. The van der Waals surface area contributed by atoms with Crippen molar-refractivity contribution in [2.24, 2.45) is 0 Å². The summed E-state index contributed by atoms with van der Waals surface area (Å²) in [6.07, 6.45) is 7.56. The lowest BCUT2D eigenvalue weighted by Gasteiger charge is -2.11. The van der Waals surface area contributed by atoms with Crippen LogP contribution < -0.4 is 5.32 Å². The maximum Gasteiger partial charge on any atom is 0.108 e. The fourth-order valence-electron chi connectivity index (χ4n) is 2.36. The third-order valence-corrected chi connectivity index (χ3v) is 4.49. The SMILES string of the molecule is CCc1nccn1Cc1ccc(CNC2CC2)cc1Br. The third-order valence-electron chi connectivity index (χ3n) is 3.75. The number of hydrogen-bond donors (Lipinski definition) is 1. The number of nitrogens with zero attached hydrogens (tertiary/aromatic N) is 2. The smallest absolute Gasteiger partial charge is 0.108 e. The molecule has 1 aliphatic carbocycles. The van der Waals surface area contributed by atoms with Gasteiger partial charge in [-0.15, -0.1) is 0 Å². The zero-order chi connectivity index (χ0) is 13.9. The van der Waals surface area contributed by atoms with Crippen LogP contribution in [0.2, 0.25) is 0 Å². The van der Waals surface area contributed by atoms with Crippen LogP contribution in [0, 0.1) is 0 Å². The van der Waals surface area contributed by atoms with Gasteiger partial charge in [0.2, 0.25) is 0 Å². The Morgan fingerprint density at radius 1 is 1.40 bits per heavy atom. The number of nitrogens with one attached hydrogen (secondary N) is 1. The molecule has 0 bridgehead atoms. The van der Waals surface area contributed by atoms with Gasteiger partial charge in [0.15, 0.2) is 0 Å². The minimum atomic E-state index is 0.756. The van der Waals surface area contributed by atoms with E-state index in [9.17, 15) is 0 Å². The number of aryl methyl sites for hydroxylation is 1. The molecule has 20 heavy (non-hydrogen) atoms. The van der Waals surface area contributed by atoms with Gasteiger partial charge in [-0.05, 0) is 30.0 Å². The van der Waals surface area contributed by atoms with Gasteiger partial charge in [0.05, 0.1) is 0 Å². The first-order valence-corrected chi connectivity index (χ1v) is 8.06. The number of halogens is 1. The third kappa shape index (κ3) is 3.30. The molecule has 1 aromatic carbocycles. The quantitative estimate of drug-likeness (QED) is 0.876. The standard InChI is InChI=1S/C16H20BrN3/c1-2-16-18-7-8-20(16)11-13-4-3-12(9-15(13)17)10-19-14-5-6-14/h3-4,7-9,14,19H,2,5-6,10-11H2,1H3. The summed E-state index contributed by atoms with van der Waals surface area (Å²) in [5, 5.41) is 3.55. The second-order valence-corrected chi connectivity index (χ2v) is 6.26. The molecule has 1 N–H and O–H groups in total. The highest BCUT2D eigenvalue weighted by atomic mass is 79.9. The normalized spacial score (nSPS) is 14.7. The average molecular weight is 334 g/mol. The van der Waals surface area contributed by atoms with Crippen molar-refractivity contribution in [2.45, 2.75) is 45.3 Å². The van der Waals surface area contributed by atoms with E-state index in [2.05, 4.69) is 55.9 Å². The lowest BCUT2D eigenvalue weighted by Crippen LogP contribution is -2.15. The van der Waals surface area contributed by atoms with Gasteiger partial charge >= 0.3 is 0 Å². The van der Waals surface area contributed by atoms with E-state index in [0.29, 0.717) is 0 Å². The Hall–Kier alpha value is -1.13. The molecular weight excluding hydrogens is 314 g/mol. The zero-order valence-corrected chi connectivity index (χ0v) is 13.4. The Bertz CT molecular complexity index is 587. The highest BCUT2D eigenvalue weighted by Crippen LogP contribution is 2.22. The highest BCUT2D eigenvalue weighted by Gasteiger charge is 2.19. The second-order valence-electron chi connectivity index (χ2n) is 5.41. The Morgan fingerprint density at radius 3 is 2.95 bits per heavy atom. The Labute approximate surface area is 128 Å². The van der Waals surface area contributed by atoms with Crippen LogP contribution in [-0.4, -0.2) is 15.6 Å². The monoisotopic (exact) mass is 333 g/mol. The molecule has 0 unspecified atom stereocenters. The number of benzene rings is 1. The van der Waals surface area contributed by atoms with Crippen molar-refractivity contribution < 1.29 is 0 Å². The van der Waals surface area contributed by atoms with Gasteiger partial charge in [-0.2, -0.15) is 0 Å². The molecule has 1 fully saturated rings. The van der Waals surface area contributed by atoms with Crippen LogP contribution >= 0.6 is 15.9 Å². The first kappa shape index (κ1) is 13.8. The number of imidazole rings is 1. The summed E-state index contributed by atoms with van der Waals surface area (Å²) in [5.74, 6) is 1.14. The largest absolute Gasteiger partial charge is 0.330 e. The molecule has 3 nitrogen and oxygen atoms in total. The fourth-order valence-corrected chi connectivity index (χ4v) is 2.91. The zero-order valence-electron chi connectivity index (χ0n) is 11.8. The van der Waals surface area contributed by atoms with Crippen LogP contribution in [-0.2, 0) is 19.5 Å². The van der Waals surface area contributed by atoms with Crippen LogP contribution in [0.3, 0.4) is 0 Å². The summed E-state index contributed by atoms with van der Waals surface area (Å²) < 4.78 is 3.39. The molecule has 3 rings (SSSR count). The molecule has 1 heterocycles. The molecule has 0 saturated heterocycles. The molecule has 1 aliphatic rings. The van der Waals surface area contributed by atoms with Crippen LogP contribution in [0.4, 0.5) is 0 Å². The molecule has 0 amide bonds. The van der Waals surface area contributed by atoms with Crippen molar-refractivity contribution >= 4 is 15.9 Å². The van der Waals surface area contributed by atoms with Gasteiger partial charge in [0.1, 0.15) is 5.82 Å². The van der Waals surface area contributed by atoms with E-state index in [4.69, 9.17) is 0 Å². The van der Waals surface area contributed by atoms with Gasteiger partial charge in [0.25, 0.3) is 0 Å². The summed E-state index contributed by atoms with van der Waals surface area (Å²) in [6.45, 7) is 3.98. The maximum atomic E-state index is 4.37. The Balaban J connectivity index is 1.69. The van der Waals surface area contributed by atoms with Crippen molar-refractivity contribution in [3.05, 3.63) is 52.0 Å². The first-order valence-electron chi connectivity index (χ1n) is 7.27. The molecule has 0 atom stereocenters. The van der Waals surface area contributed by atoms with E-state index in [0.717, 1.165) is 31.4 Å². The molecule has 0 aliphatic heterocycles. The first-order chi connectivity index (χ1) is 9.76. The van der Waals surface area contributed by atoms with Crippen LogP contribution in [0.25, 0.3) is 0 Å². The Morgan fingerprint density at radius 2 is 2.25 bits per heavy atom. The van der Waals surface area contributed by atoms with Crippen LogP contribution in [0.1, 0.15) is 36.7 Å². The van der Waals surface area contributed by atoms with Crippen molar-refractivity contribution in [2.75, 3.05) is 0 Å². The molecule has 0 radical (unpaired) electrons. The summed E-state index contributed by atoms with van der Waals surface area (Å²) >= 11 is 3.70. The van der Waals surface area contributed by atoms with Crippen molar-refractivity contribution in [1.82, 2.24) is 14.9 Å². The molecule has 2 aromatic rings. The number of rotatable bonds is 6. The van der Waals surface area contributed by atoms with Crippen molar-refractivity contribution in [1.29, 1.82) is 0 Å². The van der Waals surface area contributed by atoms with E-state index in [1.165, 1.54) is 28.4 Å². The van der Waals surface area contributed by atoms with E-state index >= 15 is 0 Å². The van der Waals surface area contributed by atoms with Gasteiger partial charge in [-0.1, -0.05) is 35.0 Å². The summed E-state index contributed by atoms with van der Waals surface area (Å²) in [6, 6.07) is 7.42. The molecular formula is C16H20BrN3. The highest BCUT2D eigenvalue weighted by molar-refractivity contribution is 9.10.